The van der Waals surface area contributed by atoms with Gasteiger partial charge in [-0.15, -0.1) is 0 Å². The highest BCUT2D eigenvalue weighted by Gasteiger charge is 2.35. The number of benzene rings is 1. The summed E-state index contributed by atoms with van der Waals surface area (Å²) in [5.74, 6) is -0.702. The third-order valence-electron chi connectivity index (χ3n) is 5.16. The number of aromatic amines is 1. The Kier molecular flexibility index (Phi) is 6.97. The minimum atomic E-state index is -3.80. The number of piperazine rings is 1. The van der Waals surface area contributed by atoms with Crippen molar-refractivity contribution >= 4 is 33.2 Å². The lowest BCUT2D eigenvalue weighted by Gasteiger charge is -2.36. The van der Waals surface area contributed by atoms with Gasteiger partial charge in [0, 0.05) is 37.4 Å². The van der Waals surface area contributed by atoms with E-state index in [9.17, 15) is 22.8 Å². The number of nitrogens with zero attached hydrogens (tertiary/aromatic N) is 2. The van der Waals surface area contributed by atoms with E-state index >= 15 is 0 Å². The number of carbonyl (C=O) groups is 2. The van der Waals surface area contributed by atoms with Gasteiger partial charge in [-0.25, -0.2) is 8.42 Å². The van der Waals surface area contributed by atoms with E-state index in [2.05, 4.69) is 10.3 Å². The number of aromatic nitrogens is 1. The number of nitrogens with one attached hydrogen (secondary N) is 2. The van der Waals surface area contributed by atoms with Crippen molar-refractivity contribution in [3.8, 4) is 0 Å². The lowest BCUT2D eigenvalue weighted by molar-refractivity contribution is -0.135. The van der Waals surface area contributed by atoms with Crippen molar-refractivity contribution in [1.29, 1.82) is 0 Å². The number of amides is 2. The summed E-state index contributed by atoms with van der Waals surface area (Å²) in [6, 6.07) is 7.96. The van der Waals surface area contributed by atoms with Gasteiger partial charge in [0.1, 0.15) is 6.04 Å². The molecule has 1 aliphatic rings. The molecule has 2 amide bonds. The molecule has 2 aromatic rings. The van der Waals surface area contributed by atoms with E-state index in [1.807, 2.05) is 19.9 Å². The van der Waals surface area contributed by atoms with E-state index in [1.165, 1.54) is 4.31 Å². The lowest BCUT2D eigenvalue weighted by atomic mass is 10.0. The fourth-order valence-electron chi connectivity index (χ4n) is 3.43. The van der Waals surface area contributed by atoms with Crippen LogP contribution in [-0.4, -0.2) is 66.6 Å². The van der Waals surface area contributed by atoms with Gasteiger partial charge < -0.3 is 15.2 Å². The van der Waals surface area contributed by atoms with Crippen molar-refractivity contribution < 1.29 is 18.0 Å². The van der Waals surface area contributed by atoms with E-state index in [0.29, 0.717) is 22.6 Å². The van der Waals surface area contributed by atoms with Crippen LogP contribution < -0.4 is 10.2 Å². The van der Waals surface area contributed by atoms with Crippen LogP contribution in [0, 0.1) is 12.8 Å². The molecule has 0 spiro atoms. The third-order valence-corrected chi connectivity index (χ3v) is 8.64. The highest BCUT2D eigenvalue weighted by Crippen LogP contribution is 2.22. The predicted octanol–water partition coefficient (Wildman–Crippen LogP) is 1.03. The van der Waals surface area contributed by atoms with Crippen LogP contribution in [0.1, 0.15) is 29.9 Å². The molecule has 1 atom stereocenters. The molecule has 1 aromatic carbocycles. The van der Waals surface area contributed by atoms with E-state index in [-0.39, 0.29) is 48.1 Å². The van der Waals surface area contributed by atoms with Gasteiger partial charge in [-0.05, 0) is 25.0 Å². The molecule has 9 nitrogen and oxygen atoms in total. The molecule has 1 aromatic heterocycles. The number of hydrogen-bond acceptors (Lipinski definition) is 6. The molecular weight excluding hydrogens is 440 g/mol. The van der Waals surface area contributed by atoms with Gasteiger partial charge in [0.25, 0.3) is 15.9 Å². The molecule has 1 aliphatic heterocycles. The Morgan fingerprint density at radius 1 is 1.10 bits per heavy atom. The Bertz CT molecular complexity index is 1100. The van der Waals surface area contributed by atoms with Crippen LogP contribution >= 0.6 is 11.3 Å². The van der Waals surface area contributed by atoms with Crippen LogP contribution in [0.4, 0.5) is 0 Å². The Balaban J connectivity index is 1.67. The van der Waals surface area contributed by atoms with E-state index in [4.69, 9.17) is 0 Å². The normalized spacial score (nSPS) is 16.3. The van der Waals surface area contributed by atoms with E-state index in [1.54, 1.807) is 36.1 Å². The Labute approximate surface area is 185 Å². The summed E-state index contributed by atoms with van der Waals surface area (Å²) >= 11 is 0.667. The summed E-state index contributed by atoms with van der Waals surface area (Å²) < 4.78 is 27.0. The summed E-state index contributed by atoms with van der Waals surface area (Å²) in [4.78, 5) is 40.8. The SMILES string of the molecule is Cc1[nH]c(=O)sc1S(=O)(=O)N1CCN(C(=O)C(NC(=O)c2ccccc2)C(C)C)CC1. The number of thiazole rings is 1. The highest BCUT2D eigenvalue weighted by atomic mass is 32.2. The summed E-state index contributed by atoms with van der Waals surface area (Å²) in [6.07, 6.45) is 0. The summed E-state index contributed by atoms with van der Waals surface area (Å²) in [5, 5.41) is 2.81. The average Bonchev–Trinajstić information content (AvgIpc) is 3.10. The molecular formula is C20H26N4O5S2. The molecule has 2 N–H and O–H groups in total. The van der Waals surface area contributed by atoms with Crippen molar-refractivity contribution in [1.82, 2.24) is 19.5 Å². The monoisotopic (exact) mass is 466 g/mol. The molecule has 3 rings (SSSR count). The smallest absolute Gasteiger partial charge is 0.305 e. The van der Waals surface area contributed by atoms with Crippen molar-refractivity contribution in [2.75, 3.05) is 26.2 Å². The first-order valence-electron chi connectivity index (χ1n) is 9.96. The van der Waals surface area contributed by atoms with Gasteiger partial charge in [-0.2, -0.15) is 4.31 Å². The first-order valence-corrected chi connectivity index (χ1v) is 12.2. The van der Waals surface area contributed by atoms with Crippen LogP contribution in [0.15, 0.2) is 39.3 Å². The average molecular weight is 467 g/mol. The number of hydrogen-bond donors (Lipinski definition) is 2. The first-order chi connectivity index (χ1) is 14.6. The van der Waals surface area contributed by atoms with Crippen molar-refractivity contribution in [2.24, 2.45) is 5.92 Å². The molecule has 0 aliphatic carbocycles. The number of aryl methyl sites for hydroxylation is 1. The van der Waals surface area contributed by atoms with Gasteiger partial charge in [0.05, 0.1) is 0 Å². The molecule has 0 bridgehead atoms. The zero-order valence-corrected chi connectivity index (χ0v) is 19.3. The van der Waals surface area contributed by atoms with Gasteiger partial charge in [0.2, 0.25) is 5.91 Å². The maximum Gasteiger partial charge on any atom is 0.305 e. The maximum atomic E-state index is 13.1. The van der Waals surface area contributed by atoms with Crippen molar-refractivity contribution in [2.45, 2.75) is 31.0 Å². The fraction of sp³-hybridized carbons (Fsp3) is 0.450. The summed E-state index contributed by atoms with van der Waals surface area (Å²) in [7, 11) is -3.80. The number of sulfonamides is 1. The minimum Gasteiger partial charge on any atom is -0.340 e. The molecule has 11 heteroatoms. The van der Waals surface area contributed by atoms with Crippen molar-refractivity contribution in [3.63, 3.8) is 0 Å². The lowest BCUT2D eigenvalue weighted by Crippen LogP contribution is -2.57. The summed E-state index contributed by atoms with van der Waals surface area (Å²) in [6.45, 7) is 5.92. The first kappa shape index (κ1) is 23.2. The number of H-pyrrole nitrogens is 1. The van der Waals surface area contributed by atoms with Gasteiger partial charge >= 0.3 is 4.87 Å². The van der Waals surface area contributed by atoms with Crippen LogP contribution in [-0.2, 0) is 14.8 Å². The predicted molar refractivity (Wildman–Crippen MR) is 118 cm³/mol. The third kappa shape index (κ3) is 5.05. The minimum absolute atomic E-state index is 0.00691. The molecule has 0 saturated carbocycles. The zero-order valence-electron chi connectivity index (χ0n) is 17.6. The van der Waals surface area contributed by atoms with E-state index in [0.717, 1.165) is 0 Å². The second-order valence-electron chi connectivity index (χ2n) is 7.72. The summed E-state index contributed by atoms with van der Waals surface area (Å²) in [5.41, 5.74) is 0.787. The second kappa shape index (κ2) is 9.33. The standard InChI is InChI=1S/C20H26N4O5S2/c1-13(2)16(22-17(25)15-7-5-4-6-8-15)18(26)23-9-11-24(12-10-23)31(28,29)19-14(3)21-20(27)30-19/h4-8,13,16H,9-12H2,1-3H3,(H,21,27)(H,22,25). The molecule has 2 heterocycles. The number of carbonyl (C=O) groups excluding carboxylic acids is 2. The van der Waals surface area contributed by atoms with E-state index < -0.39 is 20.9 Å². The Morgan fingerprint density at radius 2 is 1.71 bits per heavy atom. The second-order valence-corrected chi connectivity index (χ2v) is 10.8. The Hall–Kier alpha value is -2.50. The topological polar surface area (TPSA) is 120 Å². The van der Waals surface area contributed by atoms with Gasteiger partial charge in [-0.3, -0.25) is 14.4 Å². The molecule has 0 radical (unpaired) electrons. The number of rotatable bonds is 6. The molecule has 31 heavy (non-hydrogen) atoms. The zero-order chi connectivity index (χ0) is 22.8. The van der Waals surface area contributed by atoms with Crippen LogP contribution in [0.25, 0.3) is 0 Å². The Morgan fingerprint density at radius 3 is 2.23 bits per heavy atom. The van der Waals surface area contributed by atoms with Crippen LogP contribution in [0.5, 0.6) is 0 Å². The molecule has 1 unspecified atom stereocenters. The quantitative estimate of drug-likeness (QED) is 0.659. The van der Waals surface area contributed by atoms with Gasteiger partial charge in [-0.1, -0.05) is 43.4 Å². The van der Waals surface area contributed by atoms with Crippen LogP contribution in [0.3, 0.4) is 0 Å². The molecule has 168 valence electrons. The fourth-order valence-corrected chi connectivity index (χ4v) is 6.28. The molecule has 1 fully saturated rings. The van der Waals surface area contributed by atoms with Crippen molar-refractivity contribution in [3.05, 3.63) is 51.3 Å². The maximum absolute atomic E-state index is 13.1. The van der Waals surface area contributed by atoms with Gasteiger partial charge in [0.15, 0.2) is 4.21 Å². The largest absolute Gasteiger partial charge is 0.340 e. The molecule has 1 saturated heterocycles. The van der Waals surface area contributed by atoms with Crippen LogP contribution in [0.2, 0.25) is 0 Å². The highest BCUT2D eigenvalue weighted by molar-refractivity contribution is 7.91.